The predicted molar refractivity (Wildman–Crippen MR) is 77.6 cm³/mol. The molecule has 1 heterocycles. The smallest absolute Gasteiger partial charge is 0.136 e. The van der Waals surface area contributed by atoms with Gasteiger partial charge in [-0.2, -0.15) is 0 Å². The van der Waals surface area contributed by atoms with Gasteiger partial charge >= 0.3 is 0 Å². The van der Waals surface area contributed by atoms with Crippen LogP contribution in [0.2, 0.25) is 0 Å². The number of phenols is 1. The first-order valence-corrected chi connectivity index (χ1v) is 6.62. The van der Waals surface area contributed by atoms with Gasteiger partial charge in [-0.1, -0.05) is 6.07 Å². The molecule has 0 atom stereocenters. The molecule has 0 aliphatic rings. The first-order valence-electron chi connectivity index (χ1n) is 6.62. The molecule has 0 radical (unpaired) electrons. The Morgan fingerprint density at radius 3 is 2.79 bits per heavy atom. The second kappa shape index (κ2) is 6.38. The maximum Gasteiger partial charge on any atom is 0.136 e. The van der Waals surface area contributed by atoms with Crippen molar-refractivity contribution in [1.29, 1.82) is 0 Å². The fourth-order valence-corrected chi connectivity index (χ4v) is 2.19. The van der Waals surface area contributed by atoms with E-state index in [-0.39, 0.29) is 12.4 Å². The van der Waals surface area contributed by atoms with Crippen molar-refractivity contribution < 1.29 is 10.2 Å². The molecule has 4 nitrogen and oxygen atoms in total. The molecule has 4 heteroatoms. The van der Waals surface area contributed by atoms with Crippen molar-refractivity contribution in [2.75, 3.05) is 25.1 Å². The Morgan fingerprint density at radius 1 is 1.16 bits per heavy atom. The van der Waals surface area contributed by atoms with Crippen LogP contribution in [0.5, 0.6) is 5.75 Å². The maximum atomic E-state index is 9.61. The van der Waals surface area contributed by atoms with Gasteiger partial charge in [0.1, 0.15) is 11.6 Å². The summed E-state index contributed by atoms with van der Waals surface area (Å²) < 4.78 is 0. The molecular weight excluding hydrogens is 240 g/mol. The zero-order valence-electron chi connectivity index (χ0n) is 11.2. The zero-order chi connectivity index (χ0) is 13.7. The minimum Gasteiger partial charge on any atom is -0.508 e. The molecule has 0 saturated heterocycles. The minimum absolute atomic E-state index is 0.254. The van der Waals surface area contributed by atoms with Crippen LogP contribution in [0.25, 0.3) is 10.8 Å². The number of aliphatic hydroxyl groups is 1. The fraction of sp³-hybridized carbons (Fsp3) is 0.400. The van der Waals surface area contributed by atoms with Crippen molar-refractivity contribution in [2.45, 2.75) is 19.3 Å². The lowest BCUT2D eigenvalue weighted by atomic mass is 10.1. The first-order chi connectivity index (χ1) is 9.22. The SMILES string of the molecule is CN(CCCCCO)c1nccc2ccc(O)cc12. The van der Waals surface area contributed by atoms with Crippen molar-refractivity contribution in [3.05, 3.63) is 30.5 Å². The molecular formula is C15H20N2O2. The number of benzene rings is 1. The molecule has 1 aromatic heterocycles. The lowest BCUT2D eigenvalue weighted by molar-refractivity contribution is 0.283. The molecule has 0 fully saturated rings. The van der Waals surface area contributed by atoms with E-state index in [4.69, 9.17) is 5.11 Å². The van der Waals surface area contributed by atoms with Gasteiger partial charge in [-0.05, 0) is 42.8 Å². The van der Waals surface area contributed by atoms with Crippen molar-refractivity contribution in [1.82, 2.24) is 4.98 Å². The number of fused-ring (bicyclic) bond motifs is 1. The highest BCUT2D eigenvalue weighted by atomic mass is 16.3. The van der Waals surface area contributed by atoms with Gasteiger partial charge in [0.15, 0.2) is 0 Å². The van der Waals surface area contributed by atoms with E-state index in [1.54, 1.807) is 18.3 Å². The number of hydrogen-bond acceptors (Lipinski definition) is 4. The molecule has 0 bridgehead atoms. The molecule has 2 aromatic rings. The second-order valence-corrected chi connectivity index (χ2v) is 4.75. The van der Waals surface area contributed by atoms with Crippen LogP contribution in [0.3, 0.4) is 0 Å². The van der Waals surface area contributed by atoms with E-state index >= 15 is 0 Å². The lowest BCUT2D eigenvalue weighted by Gasteiger charge is -2.19. The van der Waals surface area contributed by atoms with E-state index in [9.17, 15) is 5.11 Å². The van der Waals surface area contributed by atoms with Gasteiger partial charge in [0, 0.05) is 31.8 Å². The third-order valence-corrected chi connectivity index (χ3v) is 3.24. The monoisotopic (exact) mass is 260 g/mol. The Bertz CT molecular complexity index is 543. The van der Waals surface area contributed by atoms with Gasteiger partial charge in [0.2, 0.25) is 0 Å². The Balaban J connectivity index is 2.16. The molecule has 1 aromatic carbocycles. The number of pyridine rings is 1. The second-order valence-electron chi connectivity index (χ2n) is 4.75. The van der Waals surface area contributed by atoms with Crippen molar-refractivity contribution in [3.63, 3.8) is 0 Å². The van der Waals surface area contributed by atoms with Crippen LogP contribution < -0.4 is 4.90 Å². The zero-order valence-corrected chi connectivity index (χ0v) is 11.2. The number of aromatic hydroxyl groups is 1. The van der Waals surface area contributed by atoms with E-state index in [1.807, 2.05) is 19.2 Å². The van der Waals surface area contributed by atoms with Crippen LogP contribution in [-0.2, 0) is 0 Å². The summed E-state index contributed by atoms with van der Waals surface area (Å²) in [6.07, 6.45) is 4.67. The van der Waals surface area contributed by atoms with Gasteiger partial charge in [-0.15, -0.1) is 0 Å². The summed E-state index contributed by atoms with van der Waals surface area (Å²) in [5.41, 5.74) is 0. The van der Waals surface area contributed by atoms with E-state index in [1.165, 1.54) is 0 Å². The summed E-state index contributed by atoms with van der Waals surface area (Å²) in [5.74, 6) is 1.15. The van der Waals surface area contributed by atoms with Gasteiger partial charge in [-0.25, -0.2) is 4.98 Å². The van der Waals surface area contributed by atoms with Crippen LogP contribution in [0, 0.1) is 0 Å². The summed E-state index contributed by atoms with van der Waals surface area (Å²) in [5, 5.41) is 20.4. The molecule has 2 rings (SSSR count). The molecule has 102 valence electrons. The Morgan fingerprint density at radius 2 is 2.00 bits per heavy atom. The van der Waals surface area contributed by atoms with Crippen molar-refractivity contribution in [2.24, 2.45) is 0 Å². The Hall–Kier alpha value is -1.81. The lowest BCUT2D eigenvalue weighted by Crippen LogP contribution is -2.20. The van der Waals surface area contributed by atoms with Gasteiger partial charge in [0.05, 0.1) is 0 Å². The molecule has 0 aliphatic carbocycles. The van der Waals surface area contributed by atoms with Gasteiger partial charge < -0.3 is 15.1 Å². The molecule has 2 N–H and O–H groups in total. The maximum absolute atomic E-state index is 9.61. The molecule has 0 unspecified atom stereocenters. The molecule has 19 heavy (non-hydrogen) atoms. The van der Waals surface area contributed by atoms with Crippen LogP contribution in [0.4, 0.5) is 5.82 Å². The van der Waals surface area contributed by atoms with Crippen LogP contribution in [0.1, 0.15) is 19.3 Å². The summed E-state index contributed by atoms with van der Waals surface area (Å²) in [7, 11) is 2.00. The number of aliphatic hydroxyl groups excluding tert-OH is 1. The van der Waals surface area contributed by atoms with E-state index in [0.717, 1.165) is 42.4 Å². The van der Waals surface area contributed by atoms with Gasteiger partial charge in [-0.3, -0.25) is 0 Å². The number of hydrogen-bond donors (Lipinski definition) is 2. The topological polar surface area (TPSA) is 56.6 Å². The Kier molecular flexibility index (Phi) is 4.58. The average Bonchev–Trinajstić information content (AvgIpc) is 2.42. The Labute approximate surface area is 113 Å². The highest BCUT2D eigenvalue weighted by Gasteiger charge is 2.08. The highest BCUT2D eigenvalue weighted by molar-refractivity contribution is 5.93. The summed E-state index contributed by atoms with van der Waals surface area (Å²) in [6, 6.07) is 7.28. The largest absolute Gasteiger partial charge is 0.508 e. The quantitative estimate of drug-likeness (QED) is 0.784. The normalized spacial score (nSPS) is 10.8. The summed E-state index contributed by atoms with van der Waals surface area (Å²) >= 11 is 0. The molecule has 0 spiro atoms. The summed E-state index contributed by atoms with van der Waals surface area (Å²) in [4.78, 5) is 6.51. The third kappa shape index (κ3) is 3.35. The van der Waals surface area contributed by atoms with E-state index in [0.29, 0.717) is 0 Å². The van der Waals surface area contributed by atoms with Gasteiger partial charge in [0.25, 0.3) is 0 Å². The molecule has 0 saturated carbocycles. The number of phenolic OH excluding ortho intramolecular Hbond substituents is 1. The van der Waals surface area contributed by atoms with Crippen molar-refractivity contribution >= 4 is 16.6 Å². The first kappa shape index (κ1) is 13.6. The van der Waals surface area contributed by atoms with Crippen LogP contribution >= 0.6 is 0 Å². The van der Waals surface area contributed by atoms with E-state index < -0.39 is 0 Å². The standard InChI is InChI=1S/C15H20N2O2/c1-17(9-3-2-4-10-18)15-14-11-13(19)6-5-12(14)7-8-16-15/h5-8,11,18-19H,2-4,9-10H2,1H3. The fourth-order valence-electron chi connectivity index (χ4n) is 2.19. The van der Waals surface area contributed by atoms with Crippen LogP contribution in [0.15, 0.2) is 30.5 Å². The number of nitrogens with zero attached hydrogens (tertiary/aromatic N) is 2. The number of anilines is 1. The average molecular weight is 260 g/mol. The van der Waals surface area contributed by atoms with Crippen molar-refractivity contribution in [3.8, 4) is 5.75 Å². The molecule has 0 amide bonds. The number of rotatable bonds is 6. The number of unbranched alkanes of at least 4 members (excludes halogenated alkanes) is 2. The summed E-state index contributed by atoms with van der Waals surface area (Å²) in [6.45, 7) is 1.14. The number of aromatic nitrogens is 1. The third-order valence-electron chi connectivity index (χ3n) is 3.24. The van der Waals surface area contributed by atoms with E-state index in [2.05, 4.69) is 9.88 Å². The highest BCUT2D eigenvalue weighted by Crippen LogP contribution is 2.27. The predicted octanol–water partition coefficient (Wildman–Crippen LogP) is 2.54. The van der Waals surface area contributed by atoms with Crippen LogP contribution in [-0.4, -0.2) is 35.4 Å². The minimum atomic E-state index is 0.254. The molecule has 0 aliphatic heterocycles.